The number of nitrogens with zero attached hydrogens (tertiary/aromatic N) is 1. The number of ether oxygens (including phenoxy) is 1. The third-order valence-electron chi connectivity index (χ3n) is 7.22. The number of hydrogen-bond donors (Lipinski definition) is 3. The van der Waals surface area contributed by atoms with E-state index in [2.05, 4.69) is 55.1 Å². The van der Waals surface area contributed by atoms with Gasteiger partial charge in [-0.25, -0.2) is 4.79 Å². The van der Waals surface area contributed by atoms with Gasteiger partial charge >= 0.3 is 6.09 Å². The van der Waals surface area contributed by atoms with Crippen molar-refractivity contribution in [1.82, 2.24) is 10.2 Å². The van der Waals surface area contributed by atoms with Gasteiger partial charge in [0.15, 0.2) is 8.32 Å². The van der Waals surface area contributed by atoms with Gasteiger partial charge in [0.05, 0.1) is 24.3 Å². The number of aliphatic hydroxyl groups excluding tert-OH is 1. The minimum absolute atomic E-state index is 0.0584. The van der Waals surface area contributed by atoms with Crippen LogP contribution in [-0.4, -0.2) is 67.3 Å². The first-order valence-electron chi connectivity index (χ1n) is 12.4. The number of nitrogens with one attached hydrogen (secondary N) is 1. The minimum atomic E-state index is -2.32. The van der Waals surface area contributed by atoms with Gasteiger partial charge in [0.1, 0.15) is 12.4 Å². The number of carbonyl (C=O) groups is 2. The van der Waals surface area contributed by atoms with E-state index in [1.807, 2.05) is 24.3 Å². The zero-order valence-corrected chi connectivity index (χ0v) is 24.7. The standard InChI is InChI=1S/C27H37BrN2O6Si/c1-27(2,3)37(4,5)36-24(22-14-18-8-6-7-9-19(18)17-30(22)26(33)34)16-29-25(32)21-11-10-20(28)15-23(21)35-13-12-31/h6-11,15,22,24,31H,12-14,16-17H2,1-5H3,(H,29,32)(H,33,34)/t22-,24?/m0/s1. The molecule has 2 atom stereocenters. The van der Waals surface area contributed by atoms with Gasteiger partial charge in [-0.3, -0.25) is 9.69 Å². The lowest BCUT2D eigenvalue weighted by Gasteiger charge is -2.45. The average Bonchev–Trinajstić information content (AvgIpc) is 2.83. The van der Waals surface area contributed by atoms with Crippen molar-refractivity contribution in [1.29, 1.82) is 0 Å². The number of carbonyl (C=O) groups excluding carboxylic acids is 1. The van der Waals surface area contributed by atoms with Crippen molar-refractivity contribution in [2.24, 2.45) is 0 Å². The van der Waals surface area contributed by atoms with Crippen LogP contribution in [-0.2, 0) is 17.4 Å². The predicted octanol–water partition coefficient (Wildman–Crippen LogP) is 5.05. The molecule has 0 radical (unpaired) electrons. The molecule has 3 N–H and O–H groups in total. The molecule has 1 unspecified atom stereocenters. The summed E-state index contributed by atoms with van der Waals surface area (Å²) in [5.41, 5.74) is 2.40. The van der Waals surface area contributed by atoms with Crippen LogP contribution in [0.4, 0.5) is 4.79 Å². The first-order valence-corrected chi connectivity index (χ1v) is 16.1. The Hall–Kier alpha value is -2.40. The van der Waals surface area contributed by atoms with Gasteiger partial charge in [-0.2, -0.15) is 0 Å². The van der Waals surface area contributed by atoms with Crippen molar-refractivity contribution in [3.8, 4) is 5.75 Å². The molecule has 0 spiro atoms. The molecule has 1 heterocycles. The first-order chi connectivity index (χ1) is 17.3. The fourth-order valence-electron chi connectivity index (χ4n) is 4.15. The molecule has 1 aliphatic heterocycles. The molecule has 1 aliphatic rings. The van der Waals surface area contributed by atoms with Gasteiger partial charge in [-0.05, 0) is 53.9 Å². The number of halogens is 1. The van der Waals surface area contributed by atoms with Gasteiger partial charge in [0.2, 0.25) is 0 Å². The molecule has 8 nitrogen and oxygen atoms in total. The van der Waals surface area contributed by atoms with E-state index in [9.17, 15) is 14.7 Å². The molecule has 2 aromatic rings. The van der Waals surface area contributed by atoms with Crippen molar-refractivity contribution >= 4 is 36.2 Å². The molecule has 0 aliphatic carbocycles. The number of aliphatic hydroxyl groups is 1. The molecule has 0 saturated heterocycles. The fraction of sp³-hybridized carbons (Fsp3) is 0.481. The van der Waals surface area contributed by atoms with E-state index in [1.165, 1.54) is 4.90 Å². The van der Waals surface area contributed by atoms with Crippen LogP contribution in [0.5, 0.6) is 5.75 Å². The molecule has 202 valence electrons. The Morgan fingerprint density at radius 3 is 2.49 bits per heavy atom. The maximum atomic E-state index is 13.3. The largest absolute Gasteiger partial charge is 0.490 e. The normalized spacial score (nSPS) is 16.6. The van der Waals surface area contributed by atoms with E-state index < -0.39 is 26.6 Å². The Morgan fingerprint density at radius 1 is 1.19 bits per heavy atom. The van der Waals surface area contributed by atoms with Crippen molar-refractivity contribution in [3.05, 3.63) is 63.6 Å². The molecule has 0 saturated carbocycles. The lowest BCUT2D eigenvalue weighted by atomic mass is 9.91. The van der Waals surface area contributed by atoms with E-state index in [0.29, 0.717) is 17.7 Å². The smallest absolute Gasteiger partial charge is 0.407 e. The van der Waals surface area contributed by atoms with Gasteiger partial charge in [-0.15, -0.1) is 0 Å². The molecular formula is C27H37BrN2O6Si. The van der Waals surface area contributed by atoms with Crippen molar-refractivity contribution in [3.63, 3.8) is 0 Å². The van der Waals surface area contributed by atoms with E-state index in [0.717, 1.165) is 15.6 Å². The van der Waals surface area contributed by atoms with Crippen molar-refractivity contribution in [2.75, 3.05) is 19.8 Å². The summed E-state index contributed by atoms with van der Waals surface area (Å²) in [6, 6.07) is 12.5. The minimum Gasteiger partial charge on any atom is -0.490 e. The summed E-state index contributed by atoms with van der Waals surface area (Å²) in [6.45, 7) is 10.9. The van der Waals surface area contributed by atoms with Gasteiger partial charge in [-0.1, -0.05) is 61.0 Å². The summed E-state index contributed by atoms with van der Waals surface area (Å²) >= 11 is 3.39. The van der Waals surface area contributed by atoms with Crippen LogP contribution in [0.25, 0.3) is 0 Å². The summed E-state index contributed by atoms with van der Waals surface area (Å²) < 4.78 is 13.1. The predicted molar refractivity (Wildman–Crippen MR) is 149 cm³/mol. The van der Waals surface area contributed by atoms with E-state index in [4.69, 9.17) is 14.3 Å². The van der Waals surface area contributed by atoms with Crippen molar-refractivity contribution in [2.45, 2.75) is 64.0 Å². The highest BCUT2D eigenvalue weighted by molar-refractivity contribution is 9.10. The summed E-state index contributed by atoms with van der Waals surface area (Å²) in [7, 11) is -2.32. The Labute approximate surface area is 228 Å². The van der Waals surface area contributed by atoms with Crippen LogP contribution in [0.2, 0.25) is 18.1 Å². The number of benzene rings is 2. The Balaban J connectivity index is 1.91. The second kappa shape index (κ2) is 12.0. The molecule has 0 bridgehead atoms. The highest BCUT2D eigenvalue weighted by atomic mass is 79.9. The third-order valence-corrected chi connectivity index (χ3v) is 12.2. The molecular weight excluding hydrogens is 556 g/mol. The van der Waals surface area contributed by atoms with Crippen LogP contribution in [0, 0.1) is 0 Å². The van der Waals surface area contributed by atoms with E-state index >= 15 is 0 Å². The molecule has 2 aromatic carbocycles. The summed E-state index contributed by atoms with van der Waals surface area (Å²) in [5, 5.41) is 22.1. The molecule has 37 heavy (non-hydrogen) atoms. The van der Waals surface area contributed by atoms with E-state index in [1.54, 1.807) is 18.2 Å². The number of amides is 2. The van der Waals surface area contributed by atoms with Gasteiger partial charge < -0.3 is 24.7 Å². The molecule has 10 heteroatoms. The monoisotopic (exact) mass is 592 g/mol. The summed E-state index contributed by atoms with van der Waals surface area (Å²) in [5.74, 6) is -0.0103. The lowest BCUT2D eigenvalue weighted by molar-refractivity contribution is 0.0438. The first kappa shape index (κ1) is 29.2. The maximum Gasteiger partial charge on any atom is 0.407 e. The highest BCUT2D eigenvalue weighted by Gasteiger charge is 2.44. The zero-order chi connectivity index (χ0) is 27.4. The van der Waals surface area contributed by atoms with Crippen LogP contribution in [0.15, 0.2) is 46.9 Å². The quantitative estimate of drug-likeness (QED) is 0.352. The van der Waals surface area contributed by atoms with Gasteiger partial charge in [0, 0.05) is 17.6 Å². The number of carboxylic acid groups (broad SMARTS) is 1. The number of fused-ring (bicyclic) bond motifs is 1. The second-order valence-corrected chi connectivity index (χ2v) is 16.5. The zero-order valence-electron chi connectivity index (χ0n) is 22.1. The van der Waals surface area contributed by atoms with E-state index in [-0.39, 0.29) is 37.2 Å². The van der Waals surface area contributed by atoms with Gasteiger partial charge in [0.25, 0.3) is 5.91 Å². The maximum absolute atomic E-state index is 13.3. The number of rotatable bonds is 9. The molecule has 0 aromatic heterocycles. The Bertz CT molecular complexity index is 1120. The molecule has 0 fully saturated rings. The molecule has 2 amide bonds. The fourth-order valence-corrected chi connectivity index (χ4v) is 5.84. The SMILES string of the molecule is CC(C)(C)[Si](C)(C)OC(CNC(=O)c1ccc(Br)cc1OCCO)[C@@H]1Cc2ccccc2CN1C(=O)O. The van der Waals surface area contributed by atoms with Crippen LogP contribution >= 0.6 is 15.9 Å². The van der Waals surface area contributed by atoms with Crippen LogP contribution in [0.3, 0.4) is 0 Å². The third kappa shape index (κ3) is 7.13. The Kier molecular flexibility index (Phi) is 9.44. The molecule has 3 rings (SSSR count). The summed E-state index contributed by atoms with van der Waals surface area (Å²) in [6.07, 6.45) is -1.06. The second-order valence-electron chi connectivity index (χ2n) is 10.8. The van der Waals surface area contributed by atoms with Crippen LogP contribution in [0.1, 0.15) is 42.3 Å². The summed E-state index contributed by atoms with van der Waals surface area (Å²) in [4.78, 5) is 27.0. The average molecular weight is 594 g/mol. The number of hydrogen-bond acceptors (Lipinski definition) is 5. The highest BCUT2D eigenvalue weighted by Crippen LogP contribution is 2.39. The van der Waals surface area contributed by atoms with Crippen molar-refractivity contribution < 1.29 is 29.0 Å². The Morgan fingerprint density at radius 2 is 1.86 bits per heavy atom. The lowest BCUT2D eigenvalue weighted by Crippen LogP contribution is -2.58. The van der Waals surface area contributed by atoms with Crippen LogP contribution < -0.4 is 10.1 Å². The topological polar surface area (TPSA) is 108 Å².